The standard InChI is InChI=1S/C20H22N2O3/c1-4-13-7-5-8-14(11-13)22-19(23)21-16-12-20(22,2)25-18-15(16)9-6-10-17(18)24-3/h5-11,16H,4,12H2,1-3H3,(H,21,23). The fourth-order valence-corrected chi connectivity index (χ4v) is 3.83. The Morgan fingerprint density at radius 2 is 2.12 bits per heavy atom. The Hall–Kier alpha value is -2.69. The fraction of sp³-hybridized carbons (Fsp3) is 0.350. The number of methoxy groups -OCH3 is 1. The monoisotopic (exact) mass is 338 g/mol. The highest BCUT2D eigenvalue weighted by Gasteiger charge is 2.50. The number of rotatable bonds is 3. The molecular formula is C20H22N2O3. The van der Waals surface area contributed by atoms with Gasteiger partial charge in [0.05, 0.1) is 13.2 Å². The number of benzene rings is 2. The lowest BCUT2D eigenvalue weighted by molar-refractivity contribution is 0.0349. The number of para-hydroxylation sites is 1. The molecule has 2 amide bonds. The van der Waals surface area contributed by atoms with Crippen molar-refractivity contribution in [1.29, 1.82) is 0 Å². The molecule has 130 valence electrons. The number of aryl methyl sites for hydroxylation is 1. The summed E-state index contributed by atoms with van der Waals surface area (Å²) >= 11 is 0. The van der Waals surface area contributed by atoms with Gasteiger partial charge < -0.3 is 14.8 Å². The van der Waals surface area contributed by atoms with E-state index >= 15 is 0 Å². The summed E-state index contributed by atoms with van der Waals surface area (Å²) in [6.07, 6.45) is 1.59. The van der Waals surface area contributed by atoms with E-state index < -0.39 is 5.72 Å². The summed E-state index contributed by atoms with van der Waals surface area (Å²) in [4.78, 5) is 14.6. The highest BCUT2D eigenvalue weighted by Crippen LogP contribution is 2.48. The number of fused-ring (bicyclic) bond motifs is 4. The summed E-state index contributed by atoms with van der Waals surface area (Å²) < 4.78 is 11.8. The molecule has 0 aliphatic carbocycles. The van der Waals surface area contributed by atoms with Crippen molar-refractivity contribution in [1.82, 2.24) is 5.32 Å². The third-order valence-electron chi connectivity index (χ3n) is 5.06. The smallest absolute Gasteiger partial charge is 0.325 e. The van der Waals surface area contributed by atoms with Crippen molar-refractivity contribution in [3.63, 3.8) is 0 Å². The number of nitrogens with one attached hydrogen (secondary N) is 1. The third-order valence-corrected chi connectivity index (χ3v) is 5.06. The van der Waals surface area contributed by atoms with E-state index in [4.69, 9.17) is 9.47 Å². The first kappa shape index (κ1) is 15.8. The average Bonchev–Trinajstić information content (AvgIpc) is 2.60. The van der Waals surface area contributed by atoms with Gasteiger partial charge >= 0.3 is 6.03 Å². The molecule has 2 aromatic carbocycles. The van der Waals surface area contributed by atoms with E-state index in [2.05, 4.69) is 18.3 Å². The lowest BCUT2D eigenvalue weighted by Crippen LogP contribution is -2.65. The molecule has 2 heterocycles. The Labute approximate surface area is 147 Å². The van der Waals surface area contributed by atoms with Gasteiger partial charge in [-0.05, 0) is 37.1 Å². The van der Waals surface area contributed by atoms with Gasteiger partial charge in [0.15, 0.2) is 17.2 Å². The Balaban J connectivity index is 1.81. The molecule has 0 aromatic heterocycles. The van der Waals surface area contributed by atoms with Crippen LogP contribution in [-0.2, 0) is 6.42 Å². The summed E-state index contributed by atoms with van der Waals surface area (Å²) in [7, 11) is 1.63. The molecule has 5 nitrogen and oxygen atoms in total. The molecular weight excluding hydrogens is 316 g/mol. The lowest BCUT2D eigenvalue weighted by Gasteiger charge is -2.50. The minimum Gasteiger partial charge on any atom is -0.493 e. The maximum atomic E-state index is 12.9. The van der Waals surface area contributed by atoms with Crippen LogP contribution in [0.25, 0.3) is 0 Å². The second-order valence-electron chi connectivity index (χ2n) is 6.72. The molecule has 2 aliphatic rings. The van der Waals surface area contributed by atoms with Gasteiger partial charge in [0.1, 0.15) is 0 Å². The van der Waals surface area contributed by atoms with Gasteiger partial charge in [0, 0.05) is 17.7 Å². The molecule has 2 aromatic rings. The topological polar surface area (TPSA) is 50.8 Å². The second-order valence-corrected chi connectivity index (χ2v) is 6.72. The molecule has 2 unspecified atom stereocenters. The second kappa shape index (κ2) is 5.69. The van der Waals surface area contributed by atoms with E-state index in [1.165, 1.54) is 5.56 Å². The highest BCUT2D eigenvalue weighted by molar-refractivity contribution is 5.95. The third kappa shape index (κ3) is 2.42. The molecule has 0 radical (unpaired) electrons. The van der Waals surface area contributed by atoms with E-state index in [1.807, 2.05) is 43.3 Å². The van der Waals surface area contributed by atoms with Gasteiger partial charge in [0.2, 0.25) is 0 Å². The number of carbonyl (C=O) groups is 1. The van der Waals surface area contributed by atoms with Gasteiger partial charge in [-0.3, -0.25) is 4.90 Å². The maximum Gasteiger partial charge on any atom is 0.325 e. The number of ether oxygens (including phenoxy) is 2. The van der Waals surface area contributed by atoms with Crippen molar-refractivity contribution < 1.29 is 14.3 Å². The van der Waals surface area contributed by atoms with Gasteiger partial charge in [0.25, 0.3) is 0 Å². The molecule has 1 saturated heterocycles. The summed E-state index contributed by atoms with van der Waals surface area (Å²) in [5.74, 6) is 1.40. The zero-order valence-electron chi connectivity index (χ0n) is 14.7. The first-order valence-corrected chi connectivity index (χ1v) is 8.61. The van der Waals surface area contributed by atoms with Crippen LogP contribution in [-0.4, -0.2) is 18.9 Å². The molecule has 1 fully saturated rings. The largest absolute Gasteiger partial charge is 0.493 e. The van der Waals surface area contributed by atoms with Gasteiger partial charge in [-0.25, -0.2) is 4.79 Å². The number of amides is 2. The van der Waals surface area contributed by atoms with Crippen LogP contribution in [0.3, 0.4) is 0 Å². The predicted octanol–water partition coefficient (Wildman–Crippen LogP) is 4.03. The van der Waals surface area contributed by atoms with E-state index in [0.29, 0.717) is 17.9 Å². The number of nitrogens with zero attached hydrogens (tertiary/aromatic N) is 1. The van der Waals surface area contributed by atoms with Crippen molar-refractivity contribution in [2.75, 3.05) is 12.0 Å². The van der Waals surface area contributed by atoms with Crippen molar-refractivity contribution >= 4 is 11.7 Å². The van der Waals surface area contributed by atoms with Crippen LogP contribution >= 0.6 is 0 Å². The zero-order chi connectivity index (χ0) is 17.6. The van der Waals surface area contributed by atoms with Crippen molar-refractivity contribution in [3.8, 4) is 11.5 Å². The molecule has 2 bridgehead atoms. The van der Waals surface area contributed by atoms with E-state index in [0.717, 1.165) is 17.7 Å². The minimum atomic E-state index is -0.763. The van der Waals surface area contributed by atoms with Crippen molar-refractivity contribution in [3.05, 3.63) is 53.6 Å². The molecule has 4 rings (SSSR count). The molecule has 0 spiro atoms. The SMILES string of the molecule is CCc1cccc(N2C(=O)NC3CC2(C)Oc2c(OC)cccc23)c1. The Bertz CT molecular complexity index is 835. The lowest BCUT2D eigenvalue weighted by atomic mass is 9.89. The minimum absolute atomic E-state index is 0.0815. The van der Waals surface area contributed by atoms with Crippen LogP contribution in [0.5, 0.6) is 11.5 Å². The number of anilines is 1. The number of carbonyl (C=O) groups excluding carboxylic acids is 1. The van der Waals surface area contributed by atoms with Crippen LogP contribution in [0.4, 0.5) is 10.5 Å². The summed E-state index contributed by atoms with van der Waals surface area (Å²) in [6.45, 7) is 4.07. The highest BCUT2D eigenvalue weighted by atomic mass is 16.5. The van der Waals surface area contributed by atoms with E-state index in [-0.39, 0.29) is 12.1 Å². The maximum absolute atomic E-state index is 12.9. The molecule has 2 atom stereocenters. The average molecular weight is 338 g/mol. The van der Waals surface area contributed by atoms with Gasteiger partial charge in [-0.2, -0.15) is 0 Å². The number of urea groups is 1. The normalized spacial score (nSPS) is 24.2. The van der Waals surface area contributed by atoms with Crippen LogP contribution in [0, 0.1) is 0 Å². The molecule has 0 saturated carbocycles. The summed E-state index contributed by atoms with van der Waals surface area (Å²) in [5, 5.41) is 3.12. The predicted molar refractivity (Wildman–Crippen MR) is 96.2 cm³/mol. The number of hydrogen-bond donors (Lipinski definition) is 1. The zero-order valence-corrected chi connectivity index (χ0v) is 14.7. The molecule has 5 heteroatoms. The van der Waals surface area contributed by atoms with Crippen molar-refractivity contribution in [2.24, 2.45) is 0 Å². The van der Waals surface area contributed by atoms with Gasteiger partial charge in [-0.15, -0.1) is 0 Å². The summed E-state index contributed by atoms with van der Waals surface area (Å²) in [6, 6.07) is 13.6. The Morgan fingerprint density at radius 1 is 1.32 bits per heavy atom. The van der Waals surface area contributed by atoms with Crippen molar-refractivity contribution in [2.45, 2.75) is 38.5 Å². The molecule has 1 N–H and O–H groups in total. The Kier molecular flexibility index (Phi) is 3.60. The molecule has 25 heavy (non-hydrogen) atoms. The van der Waals surface area contributed by atoms with Crippen LogP contribution in [0.2, 0.25) is 0 Å². The number of hydrogen-bond acceptors (Lipinski definition) is 3. The van der Waals surface area contributed by atoms with E-state index in [9.17, 15) is 4.79 Å². The van der Waals surface area contributed by atoms with E-state index in [1.54, 1.807) is 12.0 Å². The molecule has 2 aliphatic heterocycles. The summed E-state index contributed by atoms with van der Waals surface area (Å²) in [5.41, 5.74) is 2.23. The Morgan fingerprint density at radius 3 is 2.88 bits per heavy atom. The quantitative estimate of drug-likeness (QED) is 0.919. The van der Waals surface area contributed by atoms with Crippen LogP contribution in [0.1, 0.15) is 37.4 Å². The van der Waals surface area contributed by atoms with Crippen LogP contribution in [0.15, 0.2) is 42.5 Å². The van der Waals surface area contributed by atoms with Gasteiger partial charge in [-0.1, -0.05) is 31.2 Å². The van der Waals surface area contributed by atoms with Crippen LogP contribution < -0.4 is 19.7 Å². The first-order valence-electron chi connectivity index (χ1n) is 8.61. The fourth-order valence-electron chi connectivity index (χ4n) is 3.83. The first-order chi connectivity index (χ1) is 12.1.